The Bertz CT molecular complexity index is 1390. The molecule has 0 spiro atoms. The van der Waals surface area contributed by atoms with Crippen LogP contribution in [-0.4, -0.2) is 84.4 Å². The number of carbonyl (C=O) groups is 6. The molecule has 0 aliphatic carbocycles. The molecule has 4 atom stereocenters. The smallest absolute Gasteiger partial charge is 0.243 e. The second-order valence-electron chi connectivity index (χ2n) is 12.2. The van der Waals surface area contributed by atoms with Crippen molar-refractivity contribution in [1.29, 1.82) is 0 Å². The maximum atomic E-state index is 13.6. The number of aromatic hydroxyl groups is 1. The molecule has 0 aliphatic rings. The Labute approximate surface area is 286 Å². The van der Waals surface area contributed by atoms with Crippen LogP contribution < -0.4 is 43.8 Å². The van der Waals surface area contributed by atoms with Crippen LogP contribution in [0.4, 0.5) is 0 Å². The van der Waals surface area contributed by atoms with Gasteiger partial charge < -0.3 is 48.9 Å². The van der Waals surface area contributed by atoms with Crippen molar-refractivity contribution in [1.82, 2.24) is 26.6 Å². The molecule has 0 bridgehead atoms. The summed E-state index contributed by atoms with van der Waals surface area (Å²) in [5, 5.41) is 22.2. The fourth-order valence-corrected chi connectivity index (χ4v) is 4.85. The van der Waals surface area contributed by atoms with Crippen LogP contribution in [0.3, 0.4) is 0 Å². The van der Waals surface area contributed by atoms with Gasteiger partial charge in [0.25, 0.3) is 0 Å². The molecular weight excluding hydrogens is 632 g/mol. The van der Waals surface area contributed by atoms with Crippen molar-refractivity contribution in [3.8, 4) is 5.75 Å². The number of amides is 6. The van der Waals surface area contributed by atoms with Gasteiger partial charge in [-0.25, -0.2) is 0 Å². The predicted octanol–water partition coefficient (Wildman–Crippen LogP) is -1.15. The van der Waals surface area contributed by atoms with E-state index in [1.807, 2.05) is 13.8 Å². The minimum Gasteiger partial charge on any atom is -0.508 e. The Morgan fingerprint density at radius 1 is 0.694 bits per heavy atom. The Morgan fingerprint density at radius 2 is 1.29 bits per heavy atom. The first-order valence-corrected chi connectivity index (χ1v) is 16.3. The molecule has 6 amide bonds. The van der Waals surface area contributed by atoms with Gasteiger partial charge in [-0.15, -0.1) is 0 Å². The molecule has 0 aliphatic heterocycles. The number of hydrogen-bond donors (Lipinski definition) is 9. The number of primary amides is 1. The summed E-state index contributed by atoms with van der Waals surface area (Å²) in [4.78, 5) is 76.5. The largest absolute Gasteiger partial charge is 0.508 e. The fraction of sp³-hybridized carbons (Fsp3) is 0.471. The lowest BCUT2D eigenvalue weighted by molar-refractivity contribution is -0.133. The van der Waals surface area contributed by atoms with Crippen molar-refractivity contribution in [3.05, 3.63) is 65.7 Å². The fourth-order valence-electron chi connectivity index (χ4n) is 4.85. The average Bonchev–Trinajstić information content (AvgIpc) is 3.06. The summed E-state index contributed by atoms with van der Waals surface area (Å²) in [5.41, 5.74) is 18.4. The molecule has 0 unspecified atom stereocenters. The molecule has 0 radical (unpaired) electrons. The van der Waals surface area contributed by atoms with Gasteiger partial charge in [0.15, 0.2) is 0 Å². The Morgan fingerprint density at radius 3 is 1.90 bits per heavy atom. The van der Waals surface area contributed by atoms with Crippen molar-refractivity contribution in [2.45, 2.75) is 76.5 Å². The lowest BCUT2D eigenvalue weighted by Crippen LogP contribution is -2.57. The molecule has 2 aromatic carbocycles. The zero-order valence-corrected chi connectivity index (χ0v) is 28.1. The second kappa shape index (κ2) is 21.1. The first-order valence-electron chi connectivity index (χ1n) is 16.3. The Hall–Kier alpha value is -5.02. The first kappa shape index (κ1) is 40.2. The van der Waals surface area contributed by atoms with Crippen LogP contribution >= 0.6 is 0 Å². The van der Waals surface area contributed by atoms with E-state index in [1.54, 1.807) is 42.5 Å². The quantitative estimate of drug-likeness (QED) is 0.0719. The SMILES string of the molecule is CC(C)C[C@H](NC(=O)[C@H](Cc1ccccc1)NC(=O)CNC(=O)CNC(=O)[C@@H](N)Cc1ccc(O)cc1)C(=O)N[C@@H](CCCCN)C(N)=O. The van der Waals surface area contributed by atoms with Gasteiger partial charge in [-0.05, 0) is 67.8 Å². The van der Waals surface area contributed by atoms with Crippen molar-refractivity contribution in [2.75, 3.05) is 19.6 Å². The van der Waals surface area contributed by atoms with E-state index in [0.29, 0.717) is 25.8 Å². The van der Waals surface area contributed by atoms with E-state index in [0.717, 1.165) is 11.1 Å². The van der Waals surface area contributed by atoms with Crippen molar-refractivity contribution in [2.24, 2.45) is 23.1 Å². The standard InChI is InChI=1S/C34H50N8O7/c1-21(2)16-27(33(48)41-26(31(37)46)10-6-7-15-35)42-34(49)28(18-22-8-4-3-5-9-22)40-30(45)20-38-29(44)19-39-32(47)25(36)17-23-11-13-24(43)14-12-23/h3-5,8-9,11-14,21,25-28,43H,6-7,10,15-20,35-36H2,1-2H3,(H2,37,46)(H,38,44)(H,39,47)(H,40,45)(H,41,48)(H,42,49)/t25-,26-,27-,28-/m0/s1. The zero-order chi connectivity index (χ0) is 36.3. The minimum atomic E-state index is -1.12. The monoisotopic (exact) mass is 682 g/mol. The highest BCUT2D eigenvalue weighted by molar-refractivity contribution is 5.95. The van der Waals surface area contributed by atoms with E-state index in [9.17, 15) is 33.9 Å². The van der Waals surface area contributed by atoms with Crippen molar-refractivity contribution < 1.29 is 33.9 Å². The molecule has 2 aromatic rings. The number of phenols is 1. The summed E-state index contributed by atoms with van der Waals surface area (Å²) >= 11 is 0. The Balaban J connectivity index is 2.01. The number of nitrogens with one attached hydrogen (secondary N) is 5. The van der Waals surface area contributed by atoms with Crippen LogP contribution in [0.25, 0.3) is 0 Å². The van der Waals surface area contributed by atoms with Crippen LogP contribution in [0.2, 0.25) is 0 Å². The van der Waals surface area contributed by atoms with E-state index in [4.69, 9.17) is 17.2 Å². The molecule has 0 heterocycles. The van der Waals surface area contributed by atoms with Crippen LogP contribution in [0, 0.1) is 5.92 Å². The highest BCUT2D eigenvalue weighted by Gasteiger charge is 2.30. The number of unbranched alkanes of at least 4 members (excludes halogenated alkanes) is 1. The minimum absolute atomic E-state index is 0.0134. The van der Waals surface area contributed by atoms with E-state index >= 15 is 0 Å². The van der Waals surface area contributed by atoms with Crippen LogP contribution in [0.15, 0.2) is 54.6 Å². The van der Waals surface area contributed by atoms with E-state index in [-0.39, 0.29) is 30.9 Å². The van der Waals surface area contributed by atoms with Gasteiger partial charge in [-0.1, -0.05) is 56.3 Å². The van der Waals surface area contributed by atoms with Gasteiger partial charge in [-0.2, -0.15) is 0 Å². The summed E-state index contributed by atoms with van der Waals surface area (Å²) < 4.78 is 0. The summed E-state index contributed by atoms with van der Waals surface area (Å²) in [6, 6.07) is 11.1. The third-order valence-electron chi connectivity index (χ3n) is 7.48. The van der Waals surface area contributed by atoms with Gasteiger partial charge in [0.1, 0.15) is 23.9 Å². The lowest BCUT2D eigenvalue weighted by Gasteiger charge is -2.26. The van der Waals surface area contributed by atoms with Gasteiger partial charge >= 0.3 is 0 Å². The summed E-state index contributed by atoms with van der Waals surface area (Å²) in [5.74, 6) is -3.78. The van der Waals surface area contributed by atoms with Gasteiger partial charge in [0.05, 0.1) is 19.1 Å². The number of nitrogens with two attached hydrogens (primary N) is 3. The average molecular weight is 683 g/mol. The number of hydrogen-bond acceptors (Lipinski definition) is 9. The highest BCUT2D eigenvalue weighted by Crippen LogP contribution is 2.11. The van der Waals surface area contributed by atoms with Gasteiger partial charge in [-0.3, -0.25) is 28.8 Å². The number of rotatable bonds is 21. The molecule has 49 heavy (non-hydrogen) atoms. The molecular formula is C34H50N8O7. The van der Waals surface area contributed by atoms with Crippen molar-refractivity contribution in [3.63, 3.8) is 0 Å². The molecule has 12 N–H and O–H groups in total. The van der Waals surface area contributed by atoms with E-state index in [2.05, 4.69) is 26.6 Å². The zero-order valence-electron chi connectivity index (χ0n) is 28.1. The summed E-state index contributed by atoms with van der Waals surface area (Å²) in [7, 11) is 0. The summed E-state index contributed by atoms with van der Waals surface area (Å²) in [6.07, 6.45) is 2.04. The number of carbonyl (C=O) groups excluding carboxylic acids is 6. The predicted molar refractivity (Wildman–Crippen MR) is 183 cm³/mol. The third-order valence-corrected chi connectivity index (χ3v) is 7.48. The van der Waals surface area contributed by atoms with E-state index in [1.165, 1.54) is 12.1 Å². The third kappa shape index (κ3) is 15.6. The molecule has 0 saturated heterocycles. The molecule has 0 saturated carbocycles. The van der Waals surface area contributed by atoms with Gasteiger partial charge in [0, 0.05) is 6.42 Å². The maximum Gasteiger partial charge on any atom is 0.243 e. The van der Waals surface area contributed by atoms with Crippen LogP contribution in [-0.2, 0) is 41.6 Å². The molecule has 2 rings (SSSR count). The number of phenolic OH excluding ortho intramolecular Hbond substituents is 1. The molecule has 0 aromatic heterocycles. The first-order chi connectivity index (χ1) is 23.3. The topological polar surface area (TPSA) is 261 Å². The van der Waals surface area contributed by atoms with Crippen LogP contribution in [0.1, 0.15) is 50.7 Å². The highest BCUT2D eigenvalue weighted by atomic mass is 16.3. The van der Waals surface area contributed by atoms with E-state index < -0.39 is 72.7 Å². The Kier molecular flexibility index (Phi) is 17.3. The molecule has 15 nitrogen and oxygen atoms in total. The normalized spacial score (nSPS) is 13.3. The summed E-state index contributed by atoms with van der Waals surface area (Å²) in [6.45, 7) is 3.24. The second-order valence-corrected chi connectivity index (χ2v) is 12.2. The molecule has 0 fully saturated rings. The molecule has 15 heteroatoms. The number of benzene rings is 2. The lowest BCUT2D eigenvalue weighted by atomic mass is 10.00. The van der Waals surface area contributed by atoms with Gasteiger partial charge in [0.2, 0.25) is 35.4 Å². The maximum absolute atomic E-state index is 13.6. The molecule has 268 valence electrons. The van der Waals surface area contributed by atoms with Crippen LogP contribution in [0.5, 0.6) is 5.75 Å². The van der Waals surface area contributed by atoms with Crippen molar-refractivity contribution >= 4 is 35.4 Å².